The van der Waals surface area contributed by atoms with Crippen molar-refractivity contribution >= 4 is 5.97 Å². The molecule has 13 heavy (non-hydrogen) atoms. The van der Waals surface area contributed by atoms with Gasteiger partial charge >= 0.3 is 5.97 Å². The fourth-order valence-corrected chi connectivity index (χ4v) is 1.58. The Morgan fingerprint density at radius 1 is 1.69 bits per heavy atom. The van der Waals surface area contributed by atoms with Gasteiger partial charge in [0.2, 0.25) is 0 Å². The summed E-state index contributed by atoms with van der Waals surface area (Å²) >= 11 is 0. The number of likely N-dealkylation sites (tertiary alicyclic amines) is 1. The van der Waals surface area contributed by atoms with Crippen LogP contribution in [-0.4, -0.2) is 50.7 Å². The van der Waals surface area contributed by atoms with Crippen LogP contribution in [-0.2, 0) is 9.53 Å². The molecule has 0 aliphatic carbocycles. The molecule has 76 valence electrons. The van der Waals surface area contributed by atoms with Crippen LogP contribution < -0.4 is 5.32 Å². The molecule has 0 radical (unpaired) electrons. The highest BCUT2D eigenvalue weighted by Gasteiger charge is 2.18. The number of carbonyl (C=O) groups excluding carboxylic acids is 1. The number of hydrogen-bond donors (Lipinski definition) is 1. The van der Waals surface area contributed by atoms with Gasteiger partial charge in [0.25, 0.3) is 0 Å². The van der Waals surface area contributed by atoms with Gasteiger partial charge in [0.05, 0.1) is 13.5 Å². The third kappa shape index (κ3) is 3.74. The molecule has 1 heterocycles. The number of esters is 1. The van der Waals surface area contributed by atoms with Crippen LogP contribution in [0.4, 0.5) is 0 Å². The van der Waals surface area contributed by atoms with Gasteiger partial charge in [-0.25, -0.2) is 0 Å². The number of hydrogen-bond acceptors (Lipinski definition) is 4. The van der Waals surface area contributed by atoms with Gasteiger partial charge in [0.15, 0.2) is 0 Å². The quantitative estimate of drug-likeness (QED) is 0.620. The maximum atomic E-state index is 10.8. The SMILES string of the molecule is COC(=O)CCNC1CCN(C)C1. The average molecular weight is 186 g/mol. The van der Waals surface area contributed by atoms with Crippen LogP contribution in [0.15, 0.2) is 0 Å². The molecule has 1 fully saturated rings. The molecule has 1 rings (SSSR count). The number of methoxy groups -OCH3 is 1. The molecule has 0 saturated carbocycles. The lowest BCUT2D eigenvalue weighted by Crippen LogP contribution is -2.33. The zero-order chi connectivity index (χ0) is 9.68. The van der Waals surface area contributed by atoms with Crippen LogP contribution in [0.2, 0.25) is 0 Å². The highest BCUT2D eigenvalue weighted by atomic mass is 16.5. The summed E-state index contributed by atoms with van der Waals surface area (Å²) in [5, 5.41) is 3.33. The number of carbonyl (C=O) groups is 1. The van der Waals surface area contributed by atoms with E-state index in [1.54, 1.807) is 0 Å². The molecule has 0 amide bonds. The summed E-state index contributed by atoms with van der Waals surface area (Å²) < 4.78 is 4.55. The second-order valence-corrected chi connectivity index (χ2v) is 3.53. The summed E-state index contributed by atoms with van der Waals surface area (Å²) in [5.74, 6) is -0.140. The van der Waals surface area contributed by atoms with Crippen LogP contribution in [0.3, 0.4) is 0 Å². The molecule has 1 N–H and O–H groups in total. The Bertz CT molecular complexity index is 173. The van der Waals surface area contributed by atoms with Crippen molar-refractivity contribution in [2.24, 2.45) is 0 Å². The summed E-state index contributed by atoms with van der Waals surface area (Å²) in [7, 11) is 3.54. The van der Waals surface area contributed by atoms with Gasteiger partial charge in [-0.2, -0.15) is 0 Å². The van der Waals surface area contributed by atoms with Crippen LogP contribution in [0.25, 0.3) is 0 Å². The van der Waals surface area contributed by atoms with Gasteiger partial charge in [-0.3, -0.25) is 4.79 Å². The molecule has 1 unspecified atom stereocenters. The number of ether oxygens (including phenoxy) is 1. The summed E-state index contributed by atoms with van der Waals surface area (Å²) in [6, 6.07) is 0.551. The van der Waals surface area contributed by atoms with Crippen molar-refractivity contribution in [2.45, 2.75) is 18.9 Å². The molecule has 1 saturated heterocycles. The molecule has 4 heteroatoms. The Morgan fingerprint density at radius 3 is 3.00 bits per heavy atom. The number of likely N-dealkylation sites (N-methyl/N-ethyl adjacent to an activating group) is 1. The third-order valence-corrected chi connectivity index (χ3v) is 2.38. The van der Waals surface area contributed by atoms with Gasteiger partial charge in [0.1, 0.15) is 0 Å². The van der Waals surface area contributed by atoms with E-state index in [1.165, 1.54) is 13.5 Å². The van der Waals surface area contributed by atoms with E-state index >= 15 is 0 Å². The van der Waals surface area contributed by atoms with Crippen molar-refractivity contribution in [3.8, 4) is 0 Å². The van der Waals surface area contributed by atoms with Crippen LogP contribution in [0.1, 0.15) is 12.8 Å². The largest absolute Gasteiger partial charge is 0.469 e. The fourth-order valence-electron chi connectivity index (χ4n) is 1.58. The van der Waals surface area contributed by atoms with E-state index in [2.05, 4.69) is 22.0 Å². The standard InChI is InChI=1S/C9H18N2O2/c1-11-6-4-8(7-11)10-5-3-9(12)13-2/h8,10H,3-7H2,1-2H3. The molecular formula is C9H18N2O2. The summed E-state index contributed by atoms with van der Waals surface area (Å²) in [4.78, 5) is 13.1. The normalized spacial score (nSPS) is 23.4. The van der Waals surface area contributed by atoms with E-state index in [1.807, 2.05) is 0 Å². The van der Waals surface area contributed by atoms with Crippen LogP contribution in [0.5, 0.6) is 0 Å². The van der Waals surface area contributed by atoms with Crippen molar-refractivity contribution in [3.05, 3.63) is 0 Å². The molecule has 1 aliphatic heterocycles. The average Bonchev–Trinajstić information content (AvgIpc) is 2.51. The molecule has 1 atom stereocenters. The van der Waals surface area contributed by atoms with Crippen molar-refractivity contribution in [3.63, 3.8) is 0 Å². The van der Waals surface area contributed by atoms with Crippen LogP contribution >= 0.6 is 0 Å². The van der Waals surface area contributed by atoms with Crippen molar-refractivity contribution < 1.29 is 9.53 Å². The molecule has 0 spiro atoms. The third-order valence-electron chi connectivity index (χ3n) is 2.38. The predicted molar refractivity (Wildman–Crippen MR) is 50.5 cm³/mol. The second kappa shape index (κ2) is 5.19. The number of nitrogens with one attached hydrogen (secondary N) is 1. The van der Waals surface area contributed by atoms with E-state index in [0.717, 1.165) is 19.6 Å². The summed E-state index contributed by atoms with van der Waals surface area (Å²) in [6.45, 7) is 2.96. The molecule has 1 aliphatic rings. The van der Waals surface area contributed by atoms with E-state index in [4.69, 9.17) is 0 Å². The zero-order valence-corrected chi connectivity index (χ0v) is 8.38. The predicted octanol–water partition coefficient (Wildman–Crippen LogP) is -0.157. The zero-order valence-electron chi connectivity index (χ0n) is 8.38. The maximum Gasteiger partial charge on any atom is 0.306 e. The lowest BCUT2D eigenvalue weighted by Gasteiger charge is -2.11. The van der Waals surface area contributed by atoms with E-state index < -0.39 is 0 Å². The highest BCUT2D eigenvalue weighted by Crippen LogP contribution is 2.05. The number of rotatable bonds is 4. The highest BCUT2D eigenvalue weighted by molar-refractivity contribution is 5.69. The minimum atomic E-state index is -0.140. The van der Waals surface area contributed by atoms with Crippen molar-refractivity contribution in [2.75, 3.05) is 33.8 Å². The molecule has 0 bridgehead atoms. The van der Waals surface area contributed by atoms with Gasteiger partial charge in [-0.1, -0.05) is 0 Å². The van der Waals surface area contributed by atoms with E-state index in [9.17, 15) is 4.79 Å². The van der Waals surface area contributed by atoms with E-state index in [-0.39, 0.29) is 5.97 Å². The Morgan fingerprint density at radius 2 is 2.46 bits per heavy atom. The van der Waals surface area contributed by atoms with E-state index in [0.29, 0.717) is 12.5 Å². The lowest BCUT2D eigenvalue weighted by molar-refractivity contribution is -0.140. The minimum absolute atomic E-state index is 0.140. The summed E-state index contributed by atoms with van der Waals surface area (Å²) in [5.41, 5.74) is 0. The smallest absolute Gasteiger partial charge is 0.306 e. The topological polar surface area (TPSA) is 41.6 Å². The Hall–Kier alpha value is -0.610. The first-order valence-electron chi connectivity index (χ1n) is 4.71. The molecule has 0 aromatic heterocycles. The monoisotopic (exact) mass is 186 g/mol. The fraction of sp³-hybridized carbons (Fsp3) is 0.889. The second-order valence-electron chi connectivity index (χ2n) is 3.53. The Labute approximate surface area is 79.2 Å². The molecule has 4 nitrogen and oxygen atoms in total. The van der Waals surface area contributed by atoms with Crippen molar-refractivity contribution in [1.82, 2.24) is 10.2 Å². The minimum Gasteiger partial charge on any atom is -0.469 e. The molecule has 0 aromatic carbocycles. The Balaban J connectivity index is 2.03. The lowest BCUT2D eigenvalue weighted by atomic mass is 10.2. The summed E-state index contributed by atoms with van der Waals surface area (Å²) in [6.07, 6.45) is 1.65. The molecular weight excluding hydrogens is 168 g/mol. The van der Waals surface area contributed by atoms with Crippen molar-refractivity contribution in [1.29, 1.82) is 0 Å². The van der Waals surface area contributed by atoms with Gasteiger partial charge < -0.3 is 15.0 Å². The van der Waals surface area contributed by atoms with Gasteiger partial charge in [-0.05, 0) is 20.0 Å². The first kappa shape index (κ1) is 10.5. The maximum absolute atomic E-state index is 10.8. The first-order chi connectivity index (χ1) is 6.22. The Kier molecular flexibility index (Phi) is 4.18. The first-order valence-corrected chi connectivity index (χ1v) is 4.71. The van der Waals surface area contributed by atoms with Gasteiger partial charge in [-0.15, -0.1) is 0 Å². The van der Waals surface area contributed by atoms with Crippen LogP contribution in [0, 0.1) is 0 Å². The van der Waals surface area contributed by atoms with Gasteiger partial charge in [0, 0.05) is 19.1 Å². The molecule has 0 aromatic rings. The number of nitrogens with zero attached hydrogens (tertiary/aromatic N) is 1.